The molecule has 0 amide bonds. The molecule has 1 aromatic carbocycles. The monoisotopic (exact) mass is 322 g/mol. The van der Waals surface area contributed by atoms with E-state index in [1.54, 1.807) is 12.1 Å². The highest BCUT2D eigenvalue weighted by molar-refractivity contribution is 7.89. The summed E-state index contributed by atoms with van der Waals surface area (Å²) in [5.41, 5.74) is 1.93. The largest absolute Gasteiger partial charge is 0.495 e. The third kappa shape index (κ3) is 3.90. The zero-order chi connectivity index (χ0) is 16.2. The first-order valence-electron chi connectivity index (χ1n) is 7.19. The summed E-state index contributed by atoms with van der Waals surface area (Å²) in [4.78, 5) is 0.194. The molecular formula is C16H22N2O3S. The molecule has 2 aromatic rings. The topological polar surface area (TPSA) is 60.3 Å². The van der Waals surface area contributed by atoms with Gasteiger partial charge < -0.3 is 9.30 Å². The molecule has 1 aromatic heterocycles. The van der Waals surface area contributed by atoms with Gasteiger partial charge in [-0.1, -0.05) is 0 Å². The highest BCUT2D eigenvalue weighted by Crippen LogP contribution is 2.27. The van der Waals surface area contributed by atoms with Crippen molar-refractivity contribution in [1.29, 1.82) is 0 Å². The van der Waals surface area contributed by atoms with Gasteiger partial charge in [-0.25, -0.2) is 13.1 Å². The average molecular weight is 322 g/mol. The van der Waals surface area contributed by atoms with Gasteiger partial charge >= 0.3 is 0 Å². The number of hydrogen-bond acceptors (Lipinski definition) is 3. The van der Waals surface area contributed by atoms with Crippen LogP contribution in [0.4, 0.5) is 0 Å². The van der Waals surface area contributed by atoms with Gasteiger partial charge in [0.15, 0.2) is 0 Å². The summed E-state index contributed by atoms with van der Waals surface area (Å²) in [5, 5.41) is 0. The number of aryl methyl sites for hydroxylation is 3. The summed E-state index contributed by atoms with van der Waals surface area (Å²) in [6.07, 6.45) is 4.64. The third-order valence-corrected chi connectivity index (χ3v) is 5.10. The summed E-state index contributed by atoms with van der Waals surface area (Å²) in [6.45, 7) is 4.98. The van der Waals surface area contributed by atoms with Crippen molar-refractivity contribution in [2.75, 3.05) is 13.7 Å². The fraction of sp³-hybridized carbons (Fsp3) is 0.375. The molecule has 1 heterocycles. The lowest BCUT2D eigenvalue weighted by atomic mass is 10.1. The fourth-order valence-corrected chi connectivity index (χ4v) is 3.51. The minimum absolute atomic E-state index is 0.194. The molecule has 1 N–H and O–H groups in total. The van der Waals surface area contributed by atoms with Crippen LogP contribution in [0, 0.1) is 13.8 Å². The molecule has 120 valence electrons. The van der Waals surface area contributed by atoms with E-state index in [1.165, 1.54) is 7.11 Å². The highest BCUT2D eigenvalue weighted by Gasteiger charge is 2.20. The molecule has 0 aliphatic carbocycles. The van der Waals surface area contributed by atoms with Crippen LogP contribution in [0.1, 0.15) is 17.5 Å². The third-order valence-electron chi connectivity index (χ3n) is 3.62. The number of hydrogen-bond donors (Lipinski definition) is 1. The number of sulfonamides is 1. The molecule has 0 radical (unpaired) electrons. The minimum Gasteiger partial charge on any atom is -0.495 e. The Hall–Kier alpha value is -1.79. The second kappa shape index (κ2) is 6.98. The van der Waals surface area contributed by atoms with Crippen LogP contribution < -0.4 is 9.46 Å². The van der Waals surface area contributed by atoms with E-state index in [9.17, 15) is 8.42 Å². The molecule has 0 aliphatic rings. The predicted octanol–water partition coefficient (Wildman–Crippen LogP) is 2.48. The number of nitrogens with one attached hydrogen (secondary N) is 1. The normalized spacial score (nSPS) is 11.6. The Morgan fingerprint density at radius 1 is 1.14 bits per heavy atom. The Morgan fingerprint density at radius 2 is 1.77 bits per heavy atom. The summed E-state index contributed by atoms with van der Waals surface area (Å²) in [7, 11) is -2.09. The molecule has 0 bridgehead atoms. The Kier molecular flexibility index (Phi) is 5.26. The van der Waals surface area contributed by atoms with Crippen LogP contribution in [-0.2, 0) is 16.6 Å². The van der Waals surface area contributed by atoms with Crippen LogP contribution in [0.2, 0.25) is 0 Å². The van der Waals surface area contributed by atoms with E-state index in [0.29, 0.717) is 12.3 Å². The molecule has 2 rings (SSSR count). The van der Waals surface area contributed by atoms with E-state index in [-0.39, 0.29) is 4.90 Å². The quantitative estimate of drug-likeness (QED) is 0.797. The zero-order valence-corrected chi connectivity index (χ0v) is 14.0. The molecule has 0 spiro atoms. The maximum absolute atomic E-state index is 12.4. The number of benzene rings is 1. The second-order valence-electron chi connectivity index (χ2n) is 5.26. The number of rotatable bonds is 7. The standard InChI is InChI=1S/C16H22N2O3S/c1-13-11-15(21-3)16(12-14(13)2)22(19,20)17-7-6-10-18-8-4-5-9-18/h4-5,8-9,11-12,17H,6-7,10H2,1-3H3. The van der Waals surface area contributed by atoms with Gasteiger partial charge in [-0.15, -0.1) is 0 Å². The van der Waals surface area contributed by atoms with Gasteiger partial charge in [0.25, 0.3) is 0 Å². The first kappa shape index (κ1) is 16.6. The smallest absolute Gasteiger partial charge is 0.244 e. The average Bonchev–Trinajstić information content (AvgIpc) is 2.99. The van der Waals surface area contributed by atoms with Crippen molar-refractivity contribution in [3.63, 3.8) is 0 Å². The van der Waals surface area contributed by atoms with E-state index in [1.807, 2.05) is 42.9 Å². The first-order valence-corrected chi connectivity index (χ1v) is 8.68. The Labute approximate surface area is 132 Å². The van der Waals surface area contributed by atoms with Crippen molar-refractivity contribution in [2.45, 2.75) is 31.7 Å². The van der Waals surface area contributed by atoms with Crippen molar-refractivity contribution in [1.82, 2.24) is 9.29 Å². The predicted molar refractivity (Wildman–Crippen MR) is 86.7 cm³/mol. The van der Waals surface area contributed by atoms with E-state index in [0.717, 1.165) is 24.1 Å². The summed E-state index contributed by atoms with van der Waals surface area (Å²) < 4.78 is 34.7. The van der Waals surface area contributed by atoms with Crippen molar-refractivity contribution in [3.8, 4) is 5.75 Å². The van der Waals surface area contributed by atoms with Crippen molar-refractivity contribution >= 4 is 10.0 Å². The van der Waals surface area contributed by atoms with E-state index < -0.39 is 10.0 Å². The maximum atomic E-state index is 12.4. The van der Waals surface area contributed by atoms with Gasteiger partial charge in [0, 0.05) is 25.5 Å². The molecular weight excluding hydrogens is 300 g/mol. The van der Waals surface area contributed by atoms with E-state index >= 15 is 0 Å². The van der Waals surface area contributed by atoms with Crippen molar-refractivity contribution in [2.24, 2.45) is 0 Å². The SMILES string of the molecule is COc1cc(C)c(C)cc1S(=O)(=O)NCCCn1cccc1. The van der Waals surface area contributed by atoms with Crippen LogP contribution in [-0.4, -0.2) is 26.6 Å². The fourth-order valence-electron chi connectivity index (χ4n) is 2.20. The molecule has 0 saturated heterocycles. The van der Waals surface area contributed by atoms with Gasteiger partial charge in [0.2, 0.25) is 10.0 Å². The lowest BCUT2D eigenvalue weighted by Gasteiger charge is -2.13. The number of ether oxygens (including phenoxy) is 1. The Bertz CT molecular complexity index is 722. The molecule has 22 heavy (non-hydrogen) atoms. The first-order chi connectivity index (χ1) is 10.4. The minimum atomic E-state index is -3.57. The lowest BCUT2D eigenvalue weighted by molar-refractivity contribution is 0.401. The number of aromatic nitrogens is 1. The maximum Gasteiger partial charge on any atom is 0.244 e. The Morgan fingerprint density at radius 3 is 2.41 bits per heavy atom. The van der Waals surface area contributed by atoms with Crippen molar-refractivity contribution < 1.29 is 13.2 Å². The van der Waals surface area contributed by atoms with Gasteiger partial charge in [-0.2, -0.15) is 0 Å². The van der Waals surface area contributed by atoms with Crippen LogP contribution in [0.25, 0.3) is 0 Å². The van der Waals surface area contributed by atoms with Crippen LogP contribution in [0.15, 0.2) is 41.6 Å². The molecule has 0 fully saturated rings. The molecule has 0 saturated carbocycles. The van der Waals surface area contributed by atoms with Crippen LogP contribution in [0.3, 0.4) is 0 Å². The molecule has 6 heteroatoms. The lowest BCUT2D eigenvalue weighted by Crippen LogP contribution is -2.26. The second-order valence-corrected chi connectivity index (χ2v) is 6.99. The molecule has 0 unspecified atom stereocenters. The highest BCUT2D eigenvalue weighted by atomic mass is 32.2. The van der Waals surface area contributed by atoms with Gasteiger partial charge in [-0.05, 0) is 55.7 Å². The molecule has 0 aliphatic heterocycles. The molecule has 0 atom stereocenters. The summed E-state index contributed by atoms with van der Waals surface area (Å²) in [5.74, 6) is 0.376. The van der Waals surface area contributed by atoms with Gasteiger partial charge in [0.1, 0.15) is 10.6 Å². The number of methoxy groups -OCH3 is 1. The van der Waals surface area contributed by atoms with Crippen LogP contribution >= 0.6 is 0 Å². The zero-order valence-electron chi connectivity index (χ0n) is 13.2. The van der Waals surface area contributed by atoms with Crippen molar-refractivity contribution in [3.05, 3.63) is 47.8 Å². The molecule has 5 nitrogen and oxygen atoms in total. The summed E-state index contributed by atoms with van der Waals surface area (Å²) in [6, 6.07) is 7.31. The Balaban J connectivity index is 2.05. The van der Waals surface area contributed by atoms with Crippen LogP contribution in [0.5, 0.6) is 5.75 Å². The van der Waals surface area contributed by atoms with Gasteiger partial charge in [-0.3, -0.25) is 0 Å². The van der Waals surface area contributed by atoms with E-state index in [2.05, 4.69) is 4.72 Å². The summed E-state index contributed by atoms with van der Waals surface area (Å²) >= 11 is 0. The van der Waals surface area contributed by atoms with Gasteiger partial charge in [0.05, 0.1) is 7.11 Å². The van der Waals surface area contributed by atoms with E-state index in [4.69, 9.17) is 4.74 Å². The number of nitrogens with zero attached hydrogens (tertiary/aromatic N) is 1.